The molecule has 0 bridgehead atoms. The molecule has 0 heteroatoms. The number of hydrogen-bond acceptors (Lipinski definition) is 0. The van der Waals surface area contributed by atoms with Crippen molar-refractivity contribution in [2.75, 3.05) is 0 Å². The second-order valence-corrected chi connectivity index (χ2v) is 1.16. The molecule has 0 amide bonds. The summed E-state index contributed by atoms with van der Waals surface area (Å²) in [7, 11) is 0. The van der Waals surface area contributed by atoms with Gasteiger partial charge in [-0.3, -0.25) is 0 Å². The molecule has 0 atom stereocenters. The van der Waals surface area contributed by atoms with Crippen LogP contribution < -0.4 is 0 Å². The Morgan fingerprint density at radius 1 is 1.83 bits per heavy atom. The van der Waals surface area contributed by atoms with Crippen molar-refractivity contribution in [3.05, 3.63) is 18.4 Å². The van der Waals surface area contributed by atoms with Crippen LogP contribution in [0.5, 0.6) is 0 Å². The van der Waals surface area contributed by atoms with Crippen molar-refractivity contribution in [1.29, 1.82) is 0 Å². The largest absolute Gasteiger partial charge is 0.125 e. The van der Waals surface area contributed by atoms with E-state index < -0.39 is 0 Å². The van der Waals surface area contributed by atoms with Crippen LogP contribution in [0.3, 0.4) is 0 Å². The maximum atomic E-state index is 4.91. The zero-order chi connectivity index (χ0) is 4.83. The van der Waals surface area contributed by atoms with Crippen LogP contribution in [0.2, 0.25) is 0 Å². The third-order valence-electron chi connectivity index (χ3n) is 0.551. The van der Waals surface area contributed by atoms with Gasteiger partial charge in [-0.2, -0.15) is 0 Å². The van der Waals surface area contributed by atoms with E-state index in [9.17, 15) is 0 Å². The molecule has 0 unspecified atom stereocenters. The Bertz CT molecular complexity index is 56.4. The van der Waals surface area contributed by atoms with E-state index in [4.69, 9.17) is 6.58 Å². The molecule has 0 rings (SSSR count). The third kappa shape index (κ3) is 3.52. The standard InChI is InChI=1S/C6H9/c1-3-5-6-4-2/h1,5H,4,6H2,2H3. The van der Waals surface area contributed by atoms with Gasteiger partial charge in [-0.1, -0.05) is 13.3 Å². The molecule has 0 N–H and O–H groups in total. The lowest BCUT2D eigenvalue weighted by Crippen LogP contribution is -1.53. The molecule has 0 aromatic carbocycles. The van der Waals surface area contributed by atoms with Crippen molar-refractivity contribution in [1.82, 2.24) is 0 Å². The van der Waals surface area contributed by atoms with Gasteiger partial charge in [0, 0.05) is 0 Å². The smallest absolute Gasteiger partial charge is 0.0126 e. The highest BCUT2D eigenvalue weighted by molar-refractivity contribution is 4.71. The minimum absolute atomic E-state index is 1.05. The zero-order valence-electron chi connectivity index (χ0n) is 4.07. The van der Waals surface area contributed by atoms with Gasteiger partial charge < -0.3 is 0 Å². The molecular weight excluding hydrogens is 72.1 g/mol. The SMILES string of the molecule is [CH]=C=CCCC. The molecule has 0 aliphatic carbocycles. The van der Waals surface area contributed by atoms with Crippen molar-refractivity contribution in [3.63, 3.8) is 0 Å². The highest BCUT2D eigenvalue weighted by atomic mass is 13.7. The second-order valence-electron chi connectivity index (χ2n) is 1.16. The number of unbranched alkanes of at least 4 members (excludes halogenated alkanes) is 1. The fourth-order valence-electron chi connectivity index (χ4n) is 0.228. The summed E-state index contributed by atoms with van der Waals surface area (Å²) in [5.74, 6) is 0. The maximum Gasteiger partial charge on any atom is -0.0126 e. The summed E-state index contributed by atoms with van der Waals surface area (Å²) in [6, 6.07) is 0. The minimum atomic E-state index is 1.05. The molecule has 0 spiro atoms. The summed E-state index contributed by atoms with van der Waals surface area (Å²) in [5, 5.41) is 0. The van der Waals surface area contributed by atoms with Gasteiger partial charge in [-0.15, -0.1) is 5.73 Å². The summed E-state index contributed by atoms with van der Waals surface area (Å²) < 4.78 is 0. The van der Waals surface area contributed by atoms with Crippen LogP contribution in [0.1, 0.15) is 19.8 Å². The summed E-state index contributed by atoms with van der Waals surface area (Å²) in [4.78, 5) is 0. The first-order valence-corrected chi connectivity index (χ1v) is 2.19. The molecule has 33 valence electrons. The van der Waals surface area contributed by atoms with E-state index in [1.165, 1.54) is 0 Å². The Balaban J connectivity index is 2.86. The van der Waals surface area contributed by atoms with Crippen molar-refractivity contribution < 1.29 is 0 Å². The molecular formula is C6H9. The third-order valence-corrected chi connectivity index (χ3v) is 0.551. The van der Waals surface area contributed by atoms with E-state index in [0.717, 1.165) is 12.8 Å². The fourth-order valence-corrected chi connectivity index (χ4v) is 0.228. The first-order chi connectivity index (χ1) is 2.91. The van der Waals surface area contributed by atoms with E-state index in [1.54, 1.807) is 0 Å². The van der Waals surface area contributed by atoms with Crippen LogP contribution in [-0.4, -0.2) is 0 Å². The van der Waals surface area contributed by atoms with Crippen LogP contribution in [0.4, 0.5) is 0 Å². The van der Waals surface area contributed by atoms with Gasteiger partial charge in [-0.05, 0) is 19.1 Å². The van der Waals surface area contributed by atoms with Crippen LogP contribution in [0.25, 0.3) is 0 Å². The molecule has 0 aliphatic rings. The predicted molar refractivity (Wildman–Crippen MR) is 27.3 cm³/mol. The lowest BCUT2D eigenvalue weighted by atomic mass is 10.3. The van der Waals surface area contributed by atoms with Crippen molar-refractivity contribution in [2.24, 2.45) is 0 Å². The Morgan fingerprint density at radius 3 is 2.67 bits per heavy atom. The first-order valence-electron chi connectivity index (χ1n) is 2.19. The average molecular weight is 81.1 g/mol. The Kier molecular flexibility index (Phi) is 4.16. The van der Waals surface area contributed by atoms with Crippen molar-refractivity contribution >= 4 is 0 Å². The van der Waals surface area contributed by atoms with Gasteiger partial charge in [0.1, 0.15) is 0 Å². The molecule has 0 heterocycles. The van der Waals surface area contributed by atoms with Gasteiger partial charge >= 0.3 is 0 Å². The first kappa shape index (κ1) is 5.52. The van der Waals surface area contributed by atoms with E-state index in [1.807, 2.05) is 6.08 Å². The lowest BCUT2D eigenvalue weighted by molar-refractivity contribution is 0.960. The number of allylic oxidation sites excluding steroid dienone is 1. The fraction of sp³-hybridized carbons (Fsp3) is 0.500. The minimum Gasteiger partial charge on any atom is -0.125 e. The lowest BCUT2D eigenvalue weighted by Gasteiger charge is -1.73. The second kappa shape index (κ2) is 4.52. The van der Waals surface area contributed by atoms with E-state index in [0.29, 0.717) is 0 Å². The molecule has 0 aromatic heterocycles. The van der Waals surface area contributed by atoms with Crippen molar-refractivity contribution in [3.8, 4) is 0 Å². The molecule has 0 saturated carbocycles. The van der Waals surface area contributed by atoms with E-state index >= 15 is 0 Å². The quantitative estimate of drug-likeness (QED) is 0.445. The van der Waals surface area contributed by atoms with Gasteiger partial charge in [0.15, 0.2) is 0 Å². The summed E-state index contributed by atoms with van der Waals surface area (Å²) >= 11 is 0. The Hall–Kier alpha value is -0.480. The van der Waals surface area contributed by atoms with Crippen LogP contribution in [0, 0.1) is 6.58 Å². The predicted octanol–water partition coefficient (Wildman–Crippen LogP) is 1.93. The van der Waals surface area contributed by atoms with Gasteiger partial charge in [0.05, 0.1) is 0 Å². The molecule has 1 radical (unpaired) electrons. The molecule has 0 nitrogen and oxygen atoms in total. The van der Waals surface area contributed by atoms with Crippen LogP contribution in [-0.2, 0) is 0 Å². The van der Waals surface area contributed by atoms with Crippen LogP contribution in [0.15, 0.2) is 11.8 Å². The molecule has 6 heavy (non-hydrogen) atoms. The van der Waals surface area contributed by atoms with Gasteiger partial charge in [0.25, 0.3) is 0 Å². The van der Waals surface area contributed by atoms with Gasteiger partial charge in [0.2, 0.25) is 0 Å². The Morgan fingerprint density at radius 2 is 2.50 bits per heavy atom. The number of rotatable bonds is 2. The number of hydrogen-bond donors (Lipinski definition) is 0. The van der Waals surface area contributed by atoms with Gasteiger partial charge in [-0.25, -0.2) is 0 Å². The highest BCUT2D eigenvalue weighted by Gasteiger charge is 1.64. The van der Waals surface area contributed by atoms with Crippen molar-refractivity contribution in [2.45, 2.75) is 19.8 Å². The monoisotopic (exact) mass is 81.1 g/mol. The van der Waals surface area contributed by atoms with Crippen LogP contribution >= 0.6 is 0 Å². The highest BCUT2D eigenvalue weighted by Crippen LogP contribution is 1.83. The van der Waals surface area contributed by atoms with E-state index in [-0.39, 0.29) is 0 Å². The zero-order valence-corrected chi connectivity index (χ0v) is 4.07. The molecule has 0 aromatic rings. The molecule has 0 aliphatic heterocycles. The summed E-state index contributed by atoms with van der Waals surface area (Å²) in [5.41, 5.74) is 2.44. The normalized spacial score (nSPS) is 6.83. The molecule has 0 saturated heterocycles. The average Bonchev–Trinajstić information content (AvgIpc) is 1.61. The molecule has 0 fully saturated rings. The van der Waals surface area contributed by atoms with E-state index in [2.05, 4.69) is 12.7 Å². The summed E-state index contributed by atoms with van der Waals surface area (Å²) in [6.45, 7) is 7.01. The topological polar surface area (TPSA) is 0 Å². The Labute approximate surface area is 39.2 Å². The maximum absolute atomic E-state index is 4.91. The summed E-state index contributed by atoms with van der Waals surface area (Å²) in [6.07, 6.45) is 4.04.